The fourth-order valence-electron chi connectivity index (χ4n) is 6.94. The first kappa shape index (κ1) is 28.7. The third-order valence-corrected chi connectivity index (χ3v) is 9.80. The van der Waals surface area contributed by atoms with Crippen molar-refractivity contribution in [2.45, 2.75) is 39.5 Å². The van der Waals surface area contributed by atoms with Gasteiger partial charge in [0.2, 0.25) is 0 Å². The van der Waals surface area contributed by atoms with Crippen LogP contribution in [-0.2, 0) is 6.42 Å². The molecule has 0 aromatic heterocycles. The van der Waals surface area contributed by atoms with E-state index in [0.717, 1.165) is 70.6 Å². The summed E-state index contributed by atoms with van der Waals surface area (Å²) < 4.78 is 10.8. The van der Waals surface area contributed by atoms with Gasteiger partial charge in [-0.2, -0.15) is 0 Å². The number of fused-ring (bicyclic) bond motifs is 1. The third-order valence-electron chi connectivity index (χ3n) is 9.80. The van der Waals surface area contributed by atoms with Crippen LogP contribution in [-0.4, -0.2) is 87.2 Å². The Morgan fingerprint density at radius 3 is 2.45 bits per heavy atom. The molecule has 216 valence electrons. The number of allylic oxidation sites excluding steroid dienone is 1. The van der Waals surface area contributed by atoms with Crippen molar-refractivity contribution in [1.29, 1.82) is 0 Å². The maximum Gasteiger partial charge on any atom is 0.257 e. The predicted octanol–water partition coefficient (Wildman–Crippen LogP) is 5.39. The van der Waals surface area contributed by atoms with E-state index in [1.165, 1.54) is 24.8 Å². The van der Waals surface area contributed by atoms with Gasteiger partial charge in [-0.15, -0.1) is 0 Å². The second-order valence-electron chi connectivity index (χ2n) is 12.4. The van der Waals surface area contributed by atoms with Crippen LogP contribution in [0.3, 0.4) is 0 Å². The second-order valence-corrected chi connectivity index (χ2v) is 12.4. The maximum atomic E-state index is 13.3. The minimum Gasteiger partial charge on any atom is -0.497 e. The molecule has 1 saturated heterocycles. The average molecular weight is 546 g/mol. The molecule has 0 N–H and O–H groups in total. The predicted molar refractivity (Wildman–Crippen MR) is 161 cm³/mol. The molecule has 2 bridgehead atoms. The monoisotopic (exact) mass is 545 g/mol. The van der Waals surface area contributed by atoms with Crippen molar-refractivity contribution in [2.24, 2.45) is 17.3 Å². The summed E-state index contributed by atoms with van der Waals surface area (Å²) in [5.74, 6) is 2.93. The van der Waals surface area contributed by atoms with Crippen LogP contribution in [0.1, 0.15) is 49.0 Å². The molecule has 6 rings (SSSR count). The van der Waals surface area contributed by atoms with E-state index < -0.39 is 0 Å². The third kappa shape index (κ3) is 6.39. The number of nitrogens with zero attached hydrogens (tertiary/aromatic N) is 3. The highest BCUT2D eigenvalue weighted by atomic mass is 16.5. The maximum absolute atomic E-state index is 13.3. The molecule has 6 heteroatoms. The van der Waals surface area contributed by atoms with Gasteiger partial charge >= 0.3 is 0 Å². The number of carbonyl (C=O) groups is 1. The highest BCUT2D eigenvalue weighted by Gasteiger charge is 2.51. The number of carbonyl (C=O) groups excluding carboxylic acids is 1. The van der Waals surface area contributed by atoms with Gasteiger partial charge in [-0.25, -0.2) is 0 Å². The highest BCUT2D eigenvalue weighted by molar-refractivity contribution is 5.97. The molecular formula is C34H47N3O3. The molecule has 4 aliphatic rings. The molecular weight excluding hydrogens is 498 g/mol. The van der Waals surface area contributed by atoms with Crippen molar-refractivity contribution in [3.8, 4) is 11.5 Å². The number of benzene rings is 2. The van der Waals surface area contributed by atoms with E-state index in [0.29, 0.717) is 22.5 Å². The van der Waals surface area contributed by atoms with Gasteiger partial charge < -0.3 is 14.4 Å². The van der Waals surface area contributed by atoms with Crippen molar-refractivity contribution >= 4 is 5.91 Å². The van der Waals surface area contributed by atoms with E-state index in [4.69, 9.17) is 9.47 Å². The molecule has 0 radical (unpaired) electrons. The molecule has 2 aromatic carbocycles. The number of piperazine rings is 1. The number of methoxy groups -OCH3 is 2. The average Bonchev–Trinajstić information content (AvgIpc) is 2.99. The van der Waals surface area contributed by atoms with Gasteiger partial charge in [-0.1, -0.05) is 55.8 Å². The van der Waals surface area contributed by atoms with Crippen molar-refractivity contribution in [1.82, 2.24) is 14.7 Å². The summed E-state index contributed by atoms with van der Waals surface area (Å²) in [6.07, 6.45) is 7.51. The van der Waals surface area contributed by atoms with Gasteiger partial charge in [0.25, 0.3) is 5.91 Å². The van der Waals surface area contributed by atoms with Gasteiger partial charge in [0.05, 0.1) is 19.8 Å². The highest BCUT2D eigenvalue weighted by Crippen LogP contribution is 2.59. The summed E-state index contributed by atoms with van der Waals surface area (Å²) in [5, 5.41) is 0. The van der Waals surface area contributed by atoms with Crippen molar-refractivity contribution in [3.05, 3.63) is 71.3 Å². The molecule has 6 nitrogen and oxygen atoms in total. The number of amides is 1. The molecule has 3 aliphatic carbocycles. The van der Waals surface area contributed by atoms with Crippen LogP contribution in [0.25, 0.3) is 0 Å². The van der Waals surface area contributed by atoms with Crippen LogP contribution in [0.5, 0.6) is 11.5 Å². The summed E-state index contributed by atoms with van der Waals surface area (Å²) >= 11 is 0. The minimum absolute atomic E-state index is 0.0346. The number of rotatable bonds is 12. The summed E-state index contributed by atoms with van der Waals surface area (Å²) in [7, 11) is 3.22. The van der Waals surface area contributed by atoms with Crippen LogP contribution >= 0.6 is 0 Å². The second kappa shape index (κ2) is 12.8. The normalized spacial score (nSPS) is 22.0. The molecule has 2 atom stereocenters. The number of ether oxygens (including phenoxy) is 2. The topological polar surface area (TPSA) is 45.2 Å². The Morgan fingerprint density at radius 1 is 1.00 bits per heavy atom. The standard InChI is InChI=1S/C34H47N3O3/c1-34(2)28-13-12-27(31(34)23-28)25-36(16-8-11-26-9-6-5-7-10-26)18-17-35-19-21-37(22-20-35)33(38)30-15-14-29(39-3)24-32(30)40-4/h5-7,9-10,12,14-15,24,28,31H,8,11,13,16-23,25H2,1-4H3. The minimum atomic E-state index is 0.0346. The molecule has 2 unspecified atom stereocenters. The van der Waals surface area contributed by atoms with Crippen LogP contribution < -0.4 is 9.47 Å². The zero-order valence-electron chi connectivity index (χ0n) is 24.9. The Morgan fingerprint density at radius 2 is 1.77 bits per heavy atom. The van der Waals surface area contributed by atoms with Crippen LogP contribution in [0.4, 0.5) is 0 Å². The SMILES string of the molecule is COc1ccc(C(=O)N2CCN(CCN(CCCc3ccccc3)CC3=CCC4CC3C4(C)C)CC2)c(OC)c1. The van der Waals surface area contributed by atoms with E-state index in [-0.39, 0.29) is 5.91 Å². The van der Waals surface area contributed by atoms with Gasteiger partial charge in [0.15, 0.2) is 0 Å². The van der Waals surface area contributed by atoms with E-state index in [1.807, 2.05) is 17.0 Å². The first-order valence-corrected chi connectivity index (χ1v) is 15.1. The van der Waals surface area contributed by atoms with Crippen LogP contribution in [0.15, 0.2) is 60.2 Å². The van der Waals surface area contributed by atoms with E-state index in [9.17, 15) is 4.79 Å². The summed E-state index contributed by atoms with van der Waals surface area (Å²) in [4.78, 5) is 20.4. The Balaban J connectivity index is 1.15. The van der Waals surface area contributed by atoms with Gasteiger partial charge in [0, 0.05) is 51.9 Å². The largest absolute Gasteiger partial charge is 0.497 e. The quantitative estimate of drug-likeness (QED) is 0.335. The Bertz CT molecular complexity index is 1170. The van der Waals surface area contributed by atoms with E-state index >= 15 is 0 Å². The first-order valence-electron chi connectivity index (χ1n) is 15.1. The lowest BCUT2D eigenvalue weighted by atomic mass is 9.49. The zero-order valence-corrected chi connectivity index (χ0v) is 24.9. The molecule has 1 amide bonds. The zero-order chi connectivity index (χ0) is 28.1. The summed E-state index contributed by atoms with van der Waals surface area (Å²) in [6, 6.07) is 16.3. The lowest BCUT2D eigenvalue weighted by Crippen LogP contribution is -2.51. The molecule has 40 heavy (non-hydrogen) atoms. The molecule has 2 fully saturated rings. The molecule has 0 spiro atoms. The molecule has 1 heterocycles. The number of hydrogen-bond acceptors (Lipinski definition) is 5. The van der Waals surface area contributed by atoms with E-state index in [1.54, 1.807) is 25.9 Å². The summed E-state index contributed by atoms with van der Waals surface area (Å²) in [6.45, 7) is 12.6. The van der Waals surface area contributed by atoms with Gasteiger partial charge in [-0.05, 0) is 67.2 Å². The van der Waals surface area contributed by atoms with Crippen LogP contribution in [0.2, 0.25) is 0 Å². The van der Waals surface area contributed by atoms with Gasteiger partial charge in [-0.3, -0.25) is 14.6 Å². The van der Waals surface area contributed by atoms with Crippen molar-refractivity contribution < 1.29 is 14.3 Å². The van der Waals surface area contributed by atoms with Crippen LogP contribution in [0, 0.1) is 17.3 Å². The Hall–Kier alpha value is -2.83. The summed E-state index contributed by atoms with van der Waals surface area (Å²) in [5.41, 5.74) is 4.17. The Labute approximate surface area is 240 Å². The van der Waals surface area contributed by atoms with Crippen molar-refractivity contribution in [3.63, 3.8) is 0 Å². The first-order chi connectivity index (χ1) is 19.4. The smallest absolute Gasteiger partial charge is 0.257 e. The lowest BCUT2D eigenvalue weighted by Gasteiger charge is -2.57. The molecule has 1 aliphatic heterocycles. The molecule has 2 aromatic rings. The van der Waals surface area contributed by atoms with E-state index in [2.05, 4.69) is 60.1 Å². The van der Waals surface area contributed by atoms with Gasteiger partial charge in [0.1, 0.15) is 11.5 Å². The lowest BCUT2D eigenvalue weighted by molar-refractivity contribution is -0.0110. The van der Waals surface area contributed by atoms with Crippen molar-refractivity contribution in [2.75, 3.05) is 66.6 Å². The molecule has 1 saturated carbocycles. The number of hydrogen-bond donors (Lipinski definition) is 0. The fraction of sp³-hybridized carbons (Fsp3) is 0.559. The fourth-order valence-corrected chi connectivity index (χ4v) is 6.94. The Kier molecular flexibility index (Phi) is 9.17. The number of aryl methyl sites for hydroxylation is 1.